The average molecular weight is 353 g/mol. The van der Waals surface area contributed by atoms with Crippen molar-refractivity contribution in [1.82, 2.24) is 4.98 Å². The van der Waals surface area contributed by atoms with E-state index in [4.69, 9.17) is 4.42 Å². The Hall–Kier alpha value is -3.13. The van der Waals surface area contributed by atoms with Gasteiger partial charge < -0.3 is 4.42 Å². The molecule has 0 aliphatic rings. The maximum Gasteiger partial charge on any atom is 0.181 e. The summed E-state index contributed by atoms with van der Waals surface area (Å²) >= 11 is 0. The van der Waals surface area contributed by atoms with E-state index in [9.17, 15) is 0 Å². The first kappa shape index (κ1) is 17.3. The largest absolute Gasteiger partial charge is 0.443 e. The summed E-state index contributed by atoms with van der Waals surface area (Å²) in [6.07, 6.45) is 7.93. The molecule has 0 saturated carbocycles. The van der Waals surface area contributed by atoms with Gasteiger partial charge in [0.25, 0.3) is 0 Å². The number of hydrogen-bond donors (Lipinski definition) is 0. The van der Waals surface area contributed by atoms with Crippen LogP contribution in [0.2, 0.25) is 0 Å². The lowest BCUT2D eigenvalue weighted by Crippen LogP contribution is -2.01. The molecule has 0 fully saturated rings. The summed E-state index contributed by atoms with van der Waals surface area (Å²) in [6.45, 7) is 2.25. The van der Waals surface area contributed by atoms with Crippen LogP contribution in [0.5, 0.6) is 0 Å². The lowest BCUT2D eigenvalue weighted by molar-refractivity contribution is 0.600. The van der Waals surface area contributed by atoms with E-state index in [0.29, 0.717) is 5.92 Å². The Kier molecular flexibility index (Phi) is 5.15. The van der Waals surface area contributed by atoms with Gasteiger partial charge in [-0.05, 0) is 53.1 Å². The predicted molar refractivity (Wildman–Crippen MR) is 113 cm³/mol. The van der Waals surface area contributed by atoms with Crippen LogP contribution in [0.25, 0.3) is 23.3 Å². The van der Waals surface area contributed by atoms with Crippen LogP contribution in [0, 0.1) is 0 Å². The van der Waals surface area contributed by atoms with Gasteiger partial charge in [-0.2, -0.15) is 0 Å². The first-order valence-electron chi connectivity index (χ1n) is 9.47. The number of nitrogens with zero attached hydrogens (tertiary/aromatic N) is 1. The van der Waals surface area contributed by atoms with Crippen molar-refractivity contribution in [2.45, 2.75) is 25.7 Å². The third kappa shape index (κ3) is 4.17. The molecule has 1 aromatic heterocycles. The van der Waals surface area contributed by atoms with E-state index in [-0.39, 0.29) is 0 Å². The van der Waals surface area contributed by atoms with Crippen molar-refractivity contribution < 1.29 is 4.42 Å². The fourth-order valence-electron chi connectivity index (χ4n) is 3.44. The van der Waals surface area contributed by atoms with Crippen molar-refractivity contribution in [2.75, 3.05) is 0 Å². The summed E-state index contributed by atoms with van der Waals surface area (Å²) < 4.78 is 5.44. The highest BCUT2D eigenvalue weighted by Crippen LogP contribution is 2.26. The van der Waals surface area contributed by atoms with Gasteiger partial charge in [0.1, 0.15) is 5.52 Å². The Morgan fingerprint density at radius 1 is 0.889 bits per heavy atom. The number of hydrogen-bond acceptors (Lipinski definition) is 2. The summed E-state index contributed by atoms with van der Waals surface area (Å²) in [4.78, 5) is 4.19. The zero-order valence-corrected chi connectivity index (χ0v) is 15.5. The van der Waals surface area contributed by atoms with Gasteiger partial charge >= 0.3 is 0 Å². The van der Waals surface area contributed by atoms with Crippen LogP contribution in [-0.4, -0.2) is 4.98 Å². The molecule has 2 nitrogen and oxygen atoms in total. The summed E-state index contributed by atoms with van der Waals surface area (Å²) in [5.74, 6) is 0.498. The number of fused-ring (bicyclic) bond motifs is 1. The molecule has 1 atom stereocenters. The summed E-state index contributed by atoms with van der Waals surface area (Å²) in [7, 11) is 0. The van der Waals surface area contributed by atoms with Crippen LogP contribution in [0.1, 0.15) is 41.5 Å². The van der Waals surface area contributed by atoms with Crippen molar-refractivity contribution >= 4 is 23.3 Å². The van der Waals surface area contributed by atoms with E-state index in [1.165, 1.54) is 28.6 Å². The number of benzene rings is 3. The molecule has 0 spiro atoms. The quantitative estimate of drug-likeness (QED) is 0.359. The summed E-state index contributed by atoms with van der Waals surface area (Å²) in [6, 6.07) is 25.6. The lowest BCUT2D eigenvalue weighted by Gasteiger charge is -2.16. The van der Waals surface area contributed by atoms with Gasteiger partial charge in [0, 0.05) is 0 Å². The van der Waals surface area contributed by atoms with Crippen LogP contribution in [0.15, 0.2) is 83.6 Å². The molecular formula is C25H23NO. The monoisotopic (exact) mass is 353 g/mol. The van der Waals surface area contributed by atoms with Crippen molar-refractivity contribution in [3.8, 4) is 0 Å². The van der Waals surface area contributed by atoms with Crippen molar-refractivity contribution in [3.05, 3.63) is 101 Å². The van der Waals surface area contributed by atoms with Gasteiger partial charge in [-0.25, -0.2) is 4.98 Å². The summed E-state index contributed by atoms with van der Waals surface area (Å²) in [5.41, 5.74) is 6.90. The molecule has 0 radical (unpaired) electrons. The molecule has 0 aliphatic heterocycles. The van der Waals surface area contributed by atoms with Crippen LogP contribution >= 0.6 is 0 Å². The second-order valence-corrected chi connectivity index (χ2v) is 6.87. The van der Waals surface area contributed by atoms with Crippen molar-refractivity contribution in [3.63, 3.8) is 0 Å². The summed E-state index contributed by atoms with van der Waals surface area (Å²) in [5, 5.41) is 0. The standard InChI is InChI=1S/C25H23NO/c1-2-22(16-21-12-15-24-25(17-21)27-18-26-24)23-13-10-20(11-14-23)9-8-19-6-4-3-5-7-19/h3-15,17-18,22H,2,16H2,1H3. The Morgan fingerprint density at radius 2 is 1.63 bits per heavy atom. The SMILES string of the molecule is CCC(Cc1ccc2ncoc2c1)c1ccc(C=Cc2ccccc2)cc1. The normalized spacial score (nSPS) is 12.6. The maximum atomic E-state index is 5.44. The maximum absolute atomic E-state index is 5.44. The van der Waals surface area contributed by atoms with Crippen LogP contribution in [0.4, 0.5) is 0 Å². The number of rotatable bonds is 6. The highest BCUT2D eigenvalue weighted by atomic mass is 16.3. The van der Waals surface area contributed by atoms with Crippen LogP contribution < -0.4 is 0 Å². The van der Waals surface area contributed by atoms with Crippen LogP contribution in [-0.2, 0) is 6.42 Å². The van der Waals surface area contributed by atoms with Gasteiger partial charge in [0.15, 0.2) is 12.0 Å². The first-order chi connectivity index (χ1) is 13.3. The molecule has 3 aromatic carbocycles. The second-order valence-electron chi connectivity index (χ2n) is 6.87. The molecule has 0 amide bonds. The molecule has 0 aliphatic carbocycles. The molecule has 1 heterocycles. The molecule has 0 bridgehead atoms. The van der Waals surface area contributed by atoms with Gasteiger partial charge in [-0.3, -0.25) is 0 Å². The lowest BCUT2D eigenvalue weighted by atomic mass is 9.89. The predicted octanol–water partition coefficient (Wildman–Crippen LogP) is 6.73. The van der Waals surface area contributed by atoms with E-state index in [1.54, 1.807) is 0 Å². The van der Waals surface area contributed by atoms with Crippen LogP contribution in [0.3, 0.4) is 0 Å². The zero-order chi connectivity index (χ0) is 18.5. The topological polar surface area (TPSA) is 26.0 Å². The fourth-order valence-corrected chi connectivity index (χ4v) is 3.44. The molecule has 4 aromatic rings. The minimum atomic E-state index is 0.498. The minimum Gasteiger partial charge on any atom is -0.443 e. The second kappa shape index (κ2) is 8.05. The number of aromatic nitrogens is 1. The molecule has 134 valence electrons. The van der Waals surface area contributed by atoms with E-state index >= 15 is 0 Å². The average Bonchev–Trinajstić information content (AvgIpc) is 3.19. The Labute approximate surface area is 160 Å². The van der Waals surface area contributed by atoms with Crippen molar-refractivity contribution in [2.24, 2.45) is 0 Å². The van der Waals surface area contributed by atoms with E-state index in [2.05, 4.69) is 84.7 Å². The highest BCUT2D eigenvalue weighted by Gasteiger charge is 2.11. The van der Waals surface area contributed by atoms with E-state index in [1.807, 2.05) is 12.1 Å². The molecule has 4 rings (SSSR count). The molecule has 0 saturated heterocycles. The zero-order valence-electron chi connectivity index (χ0n) is 15.5. The third-order valence-electron chi connectivity index (χ3n) is 5.05. The molecule has 0 N–H and O–H groups in total. The molecule has 1 unspecified atom stereocenters. The molecular weight excluding hydrogens is 330 g/mol. The minimum absolute atomic E-state index is 0.498. The Bertz CT molecular complexity index is 1030. The fraction of sp³-hybridized carbons (Fsp3) is 0.160. The number of oxazole rings is 1. The Balaban J connectivity index is 1.48. The van der Waals surface area contributed by atoms with Gasteiger partial charge in [0.2, 0.25) is 0 Å². The van der Waals surface area contributed by atoms with E-state index < -0.39 is 0 Å². The van der Waals surface area contributed by atoms with Gasteiger partial charge in [0.05, 0.1) is 0 Å². The highest BCUT2D eigenvalue weighted by molar-refractivity contribution is 5.73. The van der Waals surface area contributed by atoms with E-state index in [0.717, 1.165) is 23.9 Å². The molecule has 27 heavy (non-hydrogen) atoms. The van der Waals surface area contributed by atoms with Gasteiger partial charge in [-0.15, -0.1) is 0 Å². The van der Waals surface area contributed by atoms with Crippen molar-refractivity contribution in [1.29, 1.82) is 0 Å². The first-order valence-corrected chi connectivity index (χ1v) is 9.47. The van der Waals surface area contributed by atoms with Gasteiger partial charge in [-0.1, -0.05) is 79.7 Å². The molecule has 2 heteroatoms. The Morgan fingerprint density at radius 3 is 2.37 bits per heavy atom. The third-order valence-corrected chi connectivity index (χ3v) is 5.05. The smallest absolute Gasteiger partial charge is 0.181 e.